The van der Waals surface area contributed by atoms with Crippen LogP contribution in [0, 0.1) is 19.5 Å². The van der Waals surface area contributed by atoms with E-state index in [2.05, 4.69) is 9.97 Å². The maximum atomic E-state index is 13.6. The summed E-state index contributed by atoms with van der Waals surface area (Å²) in [6, 6.07) is 3.14. The molecule has 18 heavy (non-hydrogen) atoms. The molecule has 2 rings (SSSR count). The van der Waals surface area contributed by atoms with E-state index in [-0.39, 0.29) is 17.3 Å². The van der Waals surface area contributed by atoms with Crippen LogP contribution in [0.25, 0.3) is 0 Å². The minimum Gasteiger partial charge on any atom is -0.435 e. The Morgan fingerprint density at radius 2 is 2.22 bits per heavy atom. The fourth-order valence-electron chi connectivity index (χ4n) is 1.17. The van der Waals surface area contributed by atoms with E-state index in [9.17, 15) is 14.5 Å². The number of halogens is 2. The first-order valence-corrected chi connectivity index (χ1v) is 5.73. The highest BCUT2D eigenvalue weighted by molar-refractivity contribution is 14.1. The van der Waals surface area contributed by atoms with Crippen LogP contribution in [0.2, 0.25) is 0 Å². The molecule has 0 atom stereocenters. The molecule has 0 aliphatic carbocycles. The lowest BCUT2D eigenvalue weighted by atomic mass is 10.3. The molecule has 0 radical (unpaired) electrons. The van der Waals surface area contributed by atoms with Crippen molar-refractivity contribution in [1.82, 2.24) is 9.97 Å². The summed E-state index contributed by atoms with van der Waals surface area (Å²) in [6.07, 6.45) is 2.77. The van der Waals surface area contributed by atoms with Gasteiger partial charge in [-0.15, -0.1) is 0 Å². The van der Waals surface area contributed by atoms with Crippen molar-refractivity contribution in [1.29, 1.82) is 0 Å². The van der Waals surface area contributed by atoms with Crippen LogP contribution >= 0.6 is 22.6 Å². The van der Waals surface area contributed by atoms with E-state index in [0.717, 1.165) is 12.1 Å². The van der Waals surface area contributed by atoms with Crippen molar-refractivity contribution in [3.63, 3.8) is 0 Å². The summed E-state index contributed by atoms with van der Waals surface area (Å²) < 4.78 is 19.4. The number of benzene rings is 1. The first-order valence-electron chi connectivity index (χ1n) is 4.65. The Morgan fingerprint density at radius 1 is 1.44 bits per heavy atom. The summed E-state index contributed by atoms with van der Waals surface area (Å²) in [5.41, 5.74) is -0.336. The second-order valence-corrected chi connectivity index (χ2v) is 4.31. The molecule has 1 aromatic heterocycles. The monoisotopic (exact) mass is 361 g/mol. The number of non-ortho nitro benzene ring substituents is 1. The highest BCUT2D eigenvalue weighted by Gasteiger charge is 2.13. The van der Waals surface area contributed by atoms with Crippen molar-refractivity contribution in [2.45, 2.75) is 0 Å². The molecule has 0 saturated heterocycles. The zero-order valence-electron chi connectivity index (χ0n) is 8.71. The van der Waals surface area contributed by atoms with E-state index in [0.29, 0.717) is 3.57 Å². The van der Waals surface area contributed by atoms with Gasteiger partial charge in [-0.05, 0) is 28.7 Å². The molecule has 0 fully saturated rings. The van der Waals surface area contributed by atoms with Gasteiger partial charge in [0.05, 0.1) is 14.6 Å². The van der Waals surface area contributed by atoms with Crippen molar-refractivity contribution in [3.05, 3.63) is 50.2 Å². The average molecular weight is 361 g/mol. The maximum Gasteiger partial charge on any atom is 0.272 e. The molecule has 6 nitrogen and oxygen atoms in total. The Balaban J connectivity index is 2.30. The normalized spacial score (nSPS) is 10.1. The van der Waals surface area contributed by atoms with Gasteiger partial charge in [0.1, 0.15) is 6.33 Å². The van der Waals surface area contributed by atoms with Crippen molar-refractivity contribution < 1.29 is 14.1 Å². The molecule has 2 aromatic rings. The third kappa shape index (κ3) is 2.70. The number of hydrogen-bond donors (Lipinski definition) is 0. The minimum atomic E-state index is -0.821. The molecule has 0 saturated carbocycles. The zero-order valence-corrected chi connectivity index (χ0v) is 10.9. The Hall–Kier alpha value is -1.84. The number of ether oxygens (including phenoxy) is 1. The summed E-state index contributed by atoms with van der Waals surface area (Å²) in [7, 11) is 0. The van der Waals surface area contributed by atoms with E-state index in [1.165, 1.54) is 18.6 Å². The Kier molecular flexibility index (Phi) is 3.65. The van der Waals surface area contributed by atoms with Gasteiger partial charge in [0.2, 0.25) is 5.88 Å². The molecule has 92 valence electrons. The van der Waals surface area contributed by atoms with Crippen molar-refractivity contribution >= 4 is 28.3 Å². The Morgan fingerprint density at radius 3 is 2.83 bits per heavy atom. The highest BCUT2D eigenvalue weighted by Crippen LogP contribution is 2.28. The highest BCUT2D eigenvalue weighted by atomic mass is 127. The molecule has 1 heterocycles. The fourth-order valence-corrected chi connectivity index (χ4v) is 1.58. The molecule has 0 unspecified atom stereocenters. The lowest BCUT2D eigenvalue weighted by Crippen LogP contribution is -1.95. The molecule has 0 bridgehead atoms. The number of hydrogen-bond acceptors (Lipinski definition) is 5. The second-order valence-electron chi connectivity index (χ2n) is 3.15. The van der Waals surface area contributed by atoms with E-state index in [1.807, 2.05) is 22.6 Å². The zero-order chi connectivity index (χ0) is 13.1. The van der Waals surface area contributed by atoms with E-state index < -0.39 is 10.7 Å². The first-order chi connectivity index (χ1) is 8.58. The molecule has 8 heteroatoms. The van der Waals surface area contributed by atoms with Crippen LogP contribution in [0.15, 0.2) is 30.7 Å². The fraction of sp³-hybridized carbons (Fsp3) is 0. The van der Waals surface area contributed by atoms with Crippen LogP contribution in [0.5, 0.6) is 11.6 Å². The Bertz CT molecular complexity index is 609. The van der Waals surface area contributed by atoms with Gasteiger partial charge in [0.25, 0.3) is 5.69 Å². The largest absolute Gasteiger partial charge is 0.435 e. The van der Waals surface area contributed by atoms with E-state index >= 15 is 0 Å². The van der Waals surface area contributed by atoms with Crippen LogP contribution in [0.1, 0.15) is 0 Å². The lowest BCUT2D eigenvalue weighted by molar-refractivity contribution is -0.385. The summed E-state index contributed by atoms with van der Waals surface area (Å²) in [4.78, 5) is 17.4. The molecule has 0 aliphatic rings. The van der Waals surface area contributed by atoms with Gasteiger partial charge in [-0.2, -0.15) is 0 Å². The third-order valence-electron chi connectivity index (χ3n) is 1.97. The molecular formula is C10H5FIN3O3. The topological polar surface area (TPSA) is 78.2 Å². The minimum absolute atomic E-state index is 0.128. The first kappa shape index (κ1) is 12.6. The Labute approximate surface area is 114 Å². The van der Waals surface area contributed by atoms with Gasteiger partial charge < -0.3 is 4.74 Å². The molecule has 0 N–H and O–H groups in total. The van der Waals surface area contributed by atoms with E-state index in [1.54, 1.807) is 0 Å². The van der Waals surface area contributed by atoms with Gasteiger partial charge in [-0.3, -0.25) is 10.1 Å². The van der Waals surface area contributed by atoms with Gasteiger partial charge >= 0.3 is 0 Å². The van der Waals surface area contributed by atoms with E-state index in [4.69, 9.17) is 4.74 Å². The number of nitrogens with zero attached hydrogens (tertiary/aromatic N) is 3. The summed E-state index contributed by atoms with van der Waals surface area (Å²) in [6.45, 7) is 0. The molecule has 0 amide bonds. The lowest BCUT2D eigenvalue weighted by Gasteiger charge is -2.06. The molecule has 0 spiro atoms. The van der Waals surface area contributed by atoms with Crippen LogP contribution in [-0.2, 0) is 0 Å². The summed E-state index contributed by atoms with van der Waals surface area (Å²) in [5.74, 6) is -0.755. The summed E-state index contributed by atoms with van der Waals surface area (Å²) in [5, 5.41) is 10.5. The van der Waals surface area contributed by atoms with Crippen molar-refractivity contribution in [2.75, 3.05) is 0 Å². The van der Waals surface area contributed by atoms with Crippen LogP contribution in [0.4, 0.5) is 10.1 Å². The third-order valence-corrected chi connectivity index (χ3v) is 2.71. The standard InChI is InChI=1S/C10H5FIN3O3/c11-7-3-6(15(16)17)1-2-9(7)18-10-8(12)4-13-5-14-10/h1-5H. The maximum absolute atomic E-state index is 13.6. The number of nitro benzene ring substituents is 1. The van der Waals surface area contributed by atoms with Gasteiger partial charge in [0, 0.05) is 12.3 Å². The summed E-state index contributed by atoms with van der Waals surface area (Å²) >= 11 is 1.94. The SMILES string of the molecule is O=[N+]([O-])c1ccc(Oc2ncncc2I)c(F)c1. The average Bonchev–Trinajstić information content (AvgIpc) is 2.34. The van der Waals surface area contributed by atoms with Crippen molar-refractivity contribution in [3.8, 4) is 11.6 Å². The van der Waals surface area contributed by atoms with Crippen LogP contribution in [0.3, 0.4) is 0 Å². The number of rotatable bonds is 3. The number of aromatic nitrogens is 2. The van der Waals surface area contributed by atoms with Crippen molar-refractivity contribution in [2.24, 2.45) is 0 Å². The smallest absolute Gasteiger partial charge is 0.272 e. The molecule has 0 aliphatic heterocycles. The quantitative estimate of drug-likeness (QED) is 0.477. The molecular weight excluding hydrogens is 356 g/mol. The predicted molar refractivity (Wildman–Crippen MR) is 67.9 cm³/mol. The molecule has 1 aromatic carbocycles. The van der Waals surface area contributed by atoms with Gasteiger partial charge in [-0.1, -0.05) is 0 Å². The second kappa shape index (κ2) is 5.21. The number of nitro groups is 1. The predicted octanol–water partition coefficient (Wildman–Crippen LogP) is 2.92. The van der Waals surface area contributed by atoms with Crippen LogP contribution < -0.4 is 4.74 Å². The van der Waals surface area contributed by atoms with Gasteiger partial charge in [-0.25, -0.2) is 14.4 Å². The van der Waals surface area contributed by atoms with Gasteiger partial charge in [0.15, 0.2) is 11.6 Å². The van der Waals surface area contributed by atoms with Crippen LogP contribution in [-0.4, -0.2) is 14.9 Å².